The summed E-state index contributed by atoms with van der Waals surface area (Å²) < 4.78 is 5.78. The molecule has 0 fully saturated rings. The van der Waals surface area contributed by atoms with Gasteiger partial charge in [0.1, 0.15) is 12.4 Å². The van der Waals surface area contributed by atoms with Gasteiger partial charge in [0, 0.05) is 16.1 Å². The van der Waals surface area contributed by atoms with E-state index in [0.717, 1.165) is 17.5 Å². The largest absolute Gasteiger partial charge is 0.489 e. The Morgan fingerprint density at radius 3 is 2.59 bits per heavy atom. The van der Waals surface area contributed by atoms with E-state index in [0.29, 0.717) is 22.9 Å². The second-order valence-electron chi connectivity index (χ2n) is 7.48. The van der Waals surface area contributed by atoms with Crippen molar-refractivity contribution < 1.29 is 9.53 Å². The maximum Gasteiger partial charge on any atom is 0.251 e. The van der Waals surface area contributed by atoms with Crippen molar-refractivity contribution in [1.29, 1.82) is 0 Å². The molecule has 3 aromatic rings. The van der Waals surface area contributed by atoms with Crippen LogP contribution in [0, 0.1) is 0 Å². The monoisotopic (exact) mass is 405 g/mol. The number of benzene rings is 3. The van der Waals surface area contributed by atoms with Crippen molar-refractivity contribution in [2.24, 2.45) is 0 Å². The summed E-state index contributed by atoms with van der Waals surface area (Å²) in [5, 5.41) is 3.78. The molecule has 0 saturated heterocycles. The van der Waals surface area contributed by atoms with Crippen molar-refractivity contribution in [3.63, 3.8) is 0 Å². The third-order valence-corrected chi connectivity index (χ3v) is 5.81. The van der Waals surface area contributed by atoms with Crippen LogP contribution in [0.1, 0.15) is 52.0 Å². The third kappa shape index (κ3) is 4.63. The highest BCUT2D eigenvalue weighted by atomic mass is 35.5. The van der Waals surface area contributed by atoms with Gasteiger partial charge in [-0.2, -0.15) is 0 Å². The topological polar surface area (TPSA) is 38.3 Å². The van der Waals surface area contributed by atoms with Crippen LogP contribution in [0.15, 0.2) is 66.7 Å². The van der Waals surface area contributed by atoms with E-state index in [-0.39, 0.29) is 11.9 Å². The highest BCUT2D eigenvalue weighted by Crippen LogP contribution is 2.25. The smallest absolute Gasteiger partial charge is 0.251 e. The van der Waals surface area contributed by atoms with Crippen molar-refractivity contribution in [2.45, 2.75) is 38.8 Å². The normalized spacial score (nSPS) is 13.6. The first-order valence-electron chi connectivity index (χ1n) is 9.99. The molecule has 0 radical (unpaired) electrons. The first-order chi connectivity index (χ1) is 14.1. The molecule has 0 saturated carbocycles. The first kappa shape index (κ1) is 19.5. The van der Waals surface area contributed by atoms with Gasteiger partial charge in [0.15, 0.2) is 0 Å². The number of carbonyl (C=O) groups excluding carboxylic acids is 1. The molecule has 0 bridgehead atoms. The molecule has 1 unspecified atom stereocenters. The van der Waals surface area contributed by atoms with Crippen LogP contribution in [0.4, 0.5) is 0 Å². The summed E-state index contributed by atoms with van der Waals surface area (Å²) in [6.07, 6.45) is 3.53. The molecular weight excluding hydrogens is 382 g/mol. The van der Waals surface area contributed by atoms with Gasteiger partial charge in [-0.05, 0) is 73.2 Å². The molecule has 1 aliphatic carbocycles. The van der Waals surface area contributed by atoms with Gasteiger partial charge in [0.2, 0.25) is 0 Å². The zero-order valence-corrected chi connectivity index (χ0v) is 17.2. The number of ether oxygens (including phenoxy) is 1. The average Bonchev–Trinajstić information content (AvgIpc) is 3.21. The van der Waals surface area contributed by atoms with Crippen LogP contribution in [-0.2, 0) is 19.4 Å². The summed E-state index contributed by atoms with van der Waals surface area (Å²) in [6, 6.07) is 21.3. The van der Waals surface area contributed by atoms with Crippen molar-refractivity contribution in [3.05, 3.63) is 99.6 Å². The Bertz CT molecular complexity index is 1010. The third-order valence-electron chi connectivity index (χ3n) is 5.44. The fourth-order valence-corrected chi connectivity index (χ4v) is 3.89. The number of halogens is 1. The van der Waals surface area contributed by atoms with Crippen LogP contribution in [-0.4, -0.2) is 5.91 Å². The van der Waals surface area contributed by atoms with Crippen LogP contribution in [0.5, 0.6) is 5.75 Å². The lowest BCUT2D eigenvalue weighted by Gasteiger charge is -2.16. The Morgan fingerprint density at radius 1 is 1.03 bits per heavy atom. The summed E-state index contributed by atoms with van der Waals surface area (Å²) in [5.74, 6) is 0.615. The second kappa shape index (κ2) is 8.71. The van der Waals surface area contributed by atoms with Crippen LogP contribution in [0.25, 0.3) is 0 Å². The quantitative estimate of drug-likeness (QED) is 0.554. The second-order valence-corrected chi connectivity index (χ2v) is 7.89. The number of fused-ring (bicyclic) bond motifs is 1. The molecule has 0 aliphatic heterocycles. The average molecular weight is 406 g/mol. The van der Waals surface area contributed by atoms with Crippen molar-refractivity contribution in [2.75, 3.05) is 0 Å². The molecular formula is C25H24ClNO2. The van der Waals surface area contributed by atoms with E-state index in [1.54, 1.807) is 12.1 Å². The molecule has 1 aliphatic rings. The molecule has 1 amide bonds. The highest BCUT2D eigenvalue weighted by Gasteiger charge is 2.15. The lowest BCUT2D eigenvalue weighted by Crippen LogP contribution is -2.26. The number of amides is 1. The lowest BCUT2D eigenvalue weighted by molar-refractivity contribution is 0.0940. The Morgan fingerprint density at radius 2 is 1.79 bits per heavy atom. The van der Waals surface area contributed by atoms with E-state index in [1.807, 2.05) is 43.3 Å². The summed E-state index contributed by atoms with van der Waals surface area (Å²) in [4.78, 5) is 12.6. The molecule has 4 rings (SSSR count). The molecule has 0 spiro atoms. The predicted octanol–water partition coefficient (Wildman–Crippen LogP) is 5.90. The predicted molar refractivity (Wildman–Crippen MR) is 117 cm³/mol. The molecule has 0 heterocycles. The van der Waals surface area contributed by atoms with Crippen LogP contribution in [0.3, 0.4) is 0 Å². The fourth-order valence-electron chi connectivity index (χ4n) is 3.70. The number of nitrogens with one attached hydrogen (secondary N) is 1. The Labute approximate surface area is 176 Å². The SMILES string of the molecule is CC(NC(=O)c1ccc(OCc2ccccc2Cl)cc1)c1ccc2c(c1)CCC2. The van der Waals surface area contributed by atoms with Gasteiger partial charge in [0.05, 0.1) is 6.04 Å². The minimum atomic E-state index is -0.0874. The van der Waals surface area contributed by atoms with Crippen molar-refractivity contribution in [3.8, 4) is 5.75 Å². The summed E-state index contributed by atoms with van der Waals surface area (Å²) in [6.45, 7) is 2.41. The summed E-state index contributed by atoms with van der Waals surface area (Å²) in [5.41, 5.74) is 5.56. The zero-order valence-electron chi connectivity index (χ0n) is 16.5. The molecule has 148 valence electrons. The van der Waals surface area contributed by atoms with Crippen LogP contribution in [0.2, 0.25) is 5.02 Å². The standard InChI is InChI=1S/C25H24ClNO2/c1-17(20-10-9-18-6-4-7-21(18)15-20)27-25(28)19-11-13-23(14-12-19)29-16-22-5-2-3-8-24(22)26/h2-3,5,8-15,17H,4,6-7,16H2,1H3,(H,27,28). The minimum Gasteiger partial charge on any atom is -0.489 e. The molecule has 29 heavy (non-hydrogen) atoms. The Hall–Kier alpha value is -2.78. The van der Waals surface area contributed by atoms with E-state index in [2.05, 4.69) is 23.5 Å². The van der Waals surface area contributed by atoms with Gasteiger partial charge in [-0.25, -0.2) is 0 Å². The number of hydrogen-bond acceptors (Lipinski definition) is 2. The van der Waals surface area contributed by atoms with Gasteiger partial charge >= 0.3 is 0 Å². The molecule has 3 nitrogen and oxygen atoms in total. The number of rotatable bonds is 6. The van der Waals surface area contributed by atoms with Crippen LogP contribution >= 0.6 is 11.6 Å². The summed E-state index contributed by atoms with van der Waals surface area (Å²) >= 11 is 6.15. The highest BCUT2D eigenvalue weighted by molar-refractivity contribution is 6.31. The molecule has 3 aromatic carbocycles. The van der Waals surface area contributed by atoms with Gasteiger partial charge in [-0.3, -0.25) is 4.79 Å². The van der Waals surface area contributed by atoms with Gasteiger partial charge in [-0.1, -0.05) is 48.0 Å². The number of carbonyl (C=O) groups is 1. The lowest BCUT2D eigenvalue weighted by atomic mass is 10.0. The number of hydrogen-bond donors (Lipinski definition) is 1. The molecule has 4 heteroatoms. The minimum absolute atomic E-state index is 0.0375. The molecule has 1 N–H and O–H groups in total. The maximum atomic E-state index is 12.6. The van der Waals surface area contributed by atoms with E-state index in [1.165, 1.54) is 24.0 Å². The van der Waals surface area contributed by atoms with E-state index in [9.17, 15) is 4.79 Å². The van der Waals surface area contributed by atoms with Gasteiger partial charge in [0.25, 0.3) is 5.91 Å². The van der Waals surface area contributed by atoms with E-state index < -0.39 is 0 Å². The van der Waals surface area contributed by atoms with Crippen molar-refractivity contribution in [1.82, 2.24) is 5.32 Å². The molecule has 1 atom stereocenters. The van der Waals surface area contributed by atoms with Crippen LogP contribution < -0.4 is 10.1 Å². The molecule has 0 aromatic heterocycles. The fraction of sp³-hybridized carbons (Fsp3) is 0.240. The first-order valence-corrected chi connectivity index (χ1v) is 10.4. The zero-order chi connectivity index (χ0) is 20.2. The van der Waals surface area contributed by atoms with Crippen molar-refractivity contribution >= 4 is 17.5 Å². The number of aryl methyl sites for hydroxylation is 2. The Kier molecular flexibility index (Phi) is 5.86. The maximum absolute atomic E-state index is 12.6. The summed E-state index contributed by atoms with van der Waals surface area (Å²) in [7, 11) is 0. The van der Waals surface area contributed by atoms with Gasteiger partial charge in [-0.15, -0.1) is 0 Å². The van der Waals surface area contributed by atoms with E-state index in [4.69, 9.17) is 16.3 Å². The Balaban J connectivity index is 1.36. The van der Waals surface area contributed by atoms with E-state index >= 15 is 0 Å². The van der Waals surface area contributed by atoms with Gasteiger partial charge < -0.3 is 10.1 Å².